The maximum Gasteiger partial charge on any atom is 0.408 e. The molecule has 1 heterocycles. The van der Waals surface area contributed by atoms with E-state index >= 15 is 0 Å². The van der Waals surface area contributed by atoms with Gasteiger partial charge in [0.15, 0.2) is 0 Å². The standard InChI is InChI=1S/C15H26N2O4/c1-15(2,3)21-14(19)16-12(13(18)20-5)9-11-7-6-8-17(4)10-11/h7,12H,6,8-10H2,1-5H3,(H,16,19). The van der Waals surface area contributed by atoms with E-state index in [0.29, 0.717) is 6.42 Å². The Labute approximate surface area is 126 Å². The summed E-state index contributed by atoms with van der Waals surface area (Å²) in [5.41, 5.74) is 0.518. The molecular weight excluding hydrogens is 272 g/mol. The monoisotopic (exact) mass is 298 g/mol. The molecule has 120 valence electrons. The fourth-order valence-electron chi connectivity index (χ4n) is 2.17. The van der Waals surface area contributed by atoms with Crippen molar-refractivity contribution >= 4 is 12.1 Å². The van der Waals surface area contributed by atoms with Crippen LogP contribution in [0.5, 0.6) is 0 Å². The van der Waals surface area contributed by atoms with Crippen molar-refractivity contribution in [3.8, 4) is 0 Å². The van der Waals surface area contributed by atoms with Gasteiger partial charge in [-0.1, -0.05) is 11.6 Å². The topological polar surface area (TPSA) is 67.9 Å². The van der Waals surface area contributed by atoms with Crippen LogP contribution in [0.2, 0.25) is 0 Å². The van der Waals surface area contributed by atoms with Crippen LogP contribution in [0.15, 0.2) is 11.6 Å². The number of carbonyl (C=O) groups excluding carboxylic acids is 2. The predicted octanol–water partition coefficient (Wildman–Crippen LogP) is 1.70. The molecule has 1 aliphatic heterocycles. The molecule has 0 saturated heterocycles. The molecule has 0 radical (unpaired) electrons. The molecule has 1 rings (SSSR count). The van der Waals surface area contributed by atoms with E-state index < -0.39 is 23.7 Å². The number of nitrogens with zero attached hydrogens (tertiary/aromatic N) is 1. The number of methoxy groups -OCH3 is 1. The van der Waals surface area contributed by atoms with E-state index in [-0.39, 0.29) is 0 Å². The zero-order chi connectivity index (χ0) is 16.0. The summed E-state index contributed by atoms with van der Waals surface area (Å²) in [6.45, 7) is 7.13. The smallest absolute Gasteiger partial charge is 0.408 e. The molecule has 0 aromatic rings. The van der Waals surface area contributed by atoms with Crippen molar-refractivity contribution < 1.29 is 19.1 Å². The van der Waals surface area contributed by atoms with Crippen molar-refractivity contribution in [1.29, 1.82) is 0 Å². The number of hydrogen-bond acceptors (Lipinski definition) is 5. The van der Waals surface area contributed by atoms with Gasteiger partial charge in [0.05, 0.1) is 7.11 Å². The first-order valence-corrected chi connectivity index (χ1v) is 7.15. The number of hydrogen-bond donors (Lipinski definition) is 1. The van der Waals surface area contributed by atoms with Gasteiger partial charge in [-0.3, -0.25) is 0 Å². The van der Waals surface area contributed by atoms with Crippen LogP contribution in [0.3, 0.4) is 0 Å². The molecule has 1 amide bonds. The number of nitrogens with one attached hydrogen (secondary N) is 1. The van der Waals surface area contributed by atoms with Crippen LogP contribution in [-0.2, 0) is 14.3 Å². The van der Waals surface area contributed by atoms with Crippen molar-refractivity contribution in [1.82, 2.24) is 10.2 Å². The first-order valence-electron chi connectivity index (χ1n) is 7.15. The fraction of sp³-hybridized carbons (Fsp3) is 0.733. The zero-order valence-electron chi connectivity index (χ0n) is 13.6. The summed E-state index contributed by atoms with van der Waals surface area (Å²) in [5, 5.41) is 2.59. The Kier molecular flexibility index (Phi) is 6.20. The molecule has 1 atom stereocenters. The first kappa shape index (κ1) is 17.5. The number of likely N-dealkylation sites (N-methyl/N-ethyl adjacent to an activating group) is 1. The Balaban J connectivity index is 2.66. The summed E-state index contributed by atoms with van der Waals surface area (Å²) in [7, 11) is 3.34. The summed E-state index contributed by atoms with van der Waals surface area (Å²) in [6.07, 6.45) is 2.90. The molecule has 6 nitrogen and oxygen atoms in total. The third-order valence-corrected chi connectivity index (χ3v) is 3.06. The molecule has 0 saturated carbocycles. The highest BCUT2D eigenvalue weighted by Crippen LogP contribution is 2.15. The summed E-state index contributed by atoms with van der Waals surface area (Å²) in [5.74, 6) is -0.463. The molecule has 0 fully saturated rings. The Morgan fingerprint density at radius 2 is 2.10 bits per heavy atom. The third kappa shape index (κ3) is 6.62. The molecular formula is C15H26N2O4. The van der Waals surface area contributed by atoms with Gasteiger partial charge in [0, 0.05) is 19.5 Å². The third-order valence-electron chi connectivity index (χ3n) is 3.06. The van der Waals surface area contributed by atoms with Crippen molar-refractivity contribution in [2.75, 3.05) is 27.2 Å². The van der Waals surface area contributed by atoms with Gasteiger partial charge >= 0.3 is 12.1 Å². The minimum Gasteiger partial charge on any atom is -0.467 e. The Morgan fingerprint density at radius 1 is 1.43 bits per heavy atom. The van der Waals surface area contributed by atoms with Gasteiger partial charge in [-0.2, -0.15) is 0 Å². The summed E-state index contributed by atoms with van der Waals surface area (Å²) in [4.78, 5) is 25.8. The maximum atomic E-state index is 11.8. The average Bonchev–Trinajstić information content (AvgIpc) is 2.34. The van der Waals surface area contributed by atoms with E-state index in [1.54, 1.807) is 20.8 Å². The second-order valence-electron chi connectivity index (χ2n) is 6.31. The summed E-state index contributed by atoms with van der Waals surface area (Å²) in [6, 6.07) is -0.720. The van der Waals surface area contributed by atoms with Crippen LogP contribution in [0.1, 0.15) is 33.6 Å². The molecule has 0 bridgehead atoms. The normalized spacial score (nSPS) is 17.7. The zero-order valence-corrected chi connectivity index (χ0v) is 13.6. The summed E-state index contributed by atoms with van der Waals surface area (Å²) >= 11 is 0. The van der Waals surface area contributed by atoms with Crippen LogP contribution in [-0.4, -0.2) is 55.9 Å². The van der Waals surface area contributed by atoms with Crippen LogP contribution in [0.25, 0.3) is 0 Å². The van der Waals surface area contributed by atoms with Crippen molar-refractivity contribution in [3.05, 3.63) is 11.6 Å². The quantitative estimate of drug-likeness (QED) is 0.632. The molecule has 0 aromatic carbocycles. The molecule has 1 N–H and O–H groups in total. The van der Waals surface area contributed by atoms with E-state index in [1.165, 1.54) is 7.11 Å². The molecule has 1 aliphatic rings. The number of rotatable bonds is 4. The van der Waals surface area contributed by atoms with Gasteiger partial charge in [0.25, 0.3) is 0 Å². The van der Waals surface area contributed by atoms with E-state index in [2.05, 4.69) is 16.3 Å². The maximum absolute atomic E-state index is 11.8. The lowest BCUT2D eigenvalue weighted by molar-refractivity contribution is -0.143. The van der Waals surface area contributed by atoms with Crippen molar-refractivity contribution in [3.63, 3.8) is 0 Å². The number of amides is 1. The molecule has 0 aromatic heterocycles. The number of carbonyl (C=O) groups is 2. The second-order valence-corrected chi connectivity index (χ2v) is 6.31. The van der Waals surface area contributed by atoms with Crippen LogP contribution >= 0.6 is 0 Å². The lowest BCUT2D eigenvalue weighted by Gasteiger charge is -2.26. The van der Waals surface area contributed by atoms with Gasteiger partial charge in [-0.25, -0.2) is 9.59 Å². The molecule has 0 aliphatic carbocycles. The Hall–Kier alpha value is -1.56. The van der Waals surface area contributed by atoms with E-state index in [0.717, 1.165) is 25.1 Å². The lowest BCUT2D eigenvalue weighted by atomic mass is 10.0. The second kappa shape index (κ2) is 7.45. The number of alkyl carbamates (subject to hydrolysis) is 1. The van der Waals surface area contributed by atoms with E-state index in [1.807, 2.05) is 7.05 Å². The average molecular weight is 298 g/mol. The largest absolute Gasteiger partial charge is 0.467 e. The molecule has 0 spiro atoms. The molecule has 21 heavy (non-hydrogen) atoms. The predicted molar refractivity (Wildman–Crippen MR) is 80.0 cm³/mol. The van der Waals surface area contributed by atoms with Crippen LogP contribution in [0, 0.1) is 0 Å². The van der Waals surface area contributed by atoms with E-state index in [9.17, 15) is 9.59 Å². The first-order chi connectivity index (χ1) is 9.71. The lowest BCUT2D eigenvalue weighted by Crippen LogP contribution is -2.45. The van der Waals surface area contributed by atoms with Gasteiger partial charge < -0.3 is 19.7 Å². The van der Waals surface area contributed by atoms with Crippen molar-refractivity contribution in [2.45, 2.75) is 45.3 Å². The number of esters is 1. The minimum absolute atomic E-state index is 0.441. The summed E-state index contributed by atoms with van der Waals surface area (Å²) < 4.78 is 9.95. The SMILES string of the molecule is COC(=O)C(CC1=CCCN(C)C1)NC(=O)OC(C)(C)C. The van der Waals surface area contributed by atoms with Gasteiger partial charge in [0.2, 0.25) is 0 Å². The van der Waals surface area contributed by atoms with Crippen LogP contribution in [0.4, 0.5) is 4.79 Å². The highest BCUT2D eigenvalue weighted by Gasteiger charge is 2.26. The molecule has 1 unspecified atom stereocenters. The van der Waals surface area contributed by atoms with E-state index in [4.69, 9.17) is 9.47 Å². The van der Waals surface area contributed by atoms with Crippen LogP contribution < -0.4 is 5.32 Å². The van der Waals surface area contributed by atoms with Gasteiger partial charge in [-0.15, -0.1) is 0 Å². The fourth-order valence-corrected chi connectivity index (χ4v) is 2.17. The highest BCUT2D eigenvalue weighted by molar-refractivity contribution is 5.81. The number of ether oxygens (including phenoxy) is 2. The highest BCUT2D eigenvalue weighted by atomic mass is 16.6. The molecule has 6 heteroatoms. The van der Waals surface area contributed by atoms with Gasteiger partial charge in [0.1, 0.15) is 11.6 Å². The van der Waals surface area contributed by atoms with Crippen molar-refractivity contribution in [2.24, 2.45) is 0 Å². The van der Waals surface area contributed by atoms with Gasteiger partial charge in [-0.05, 0) is 34.2 Å². The minimum atomic E-state index is -0.720. The Morgan fingerprint density at radius 3 is 2.62 bits per heavy atom. The Bertz CT molecular complexity index is 412.